The first-order valence-corrected chi connectivity index (χ1v) is 8.53. The van der Waals surface area contributed by atoms with E-state index in [1.54, 1.807) is 0 Å². The summed E-state index contributed by atoms with van der Waals surface area (Å²) in [5, 5.41) is 8.08. The van der Waals surface area contributed by atoms with Crippen LogP contribution in [-0.4, -0.2) is 36.0 Å². The number of aryl methyl sites for hydroxylation is 1. The Morgan fingerprint density at radius 1 is 1.30 bits per heavy atom. The summed E-state index contributed by atoms with van der Waals surface area (Å²) in [4.78, 5) is 14.4. The largest absolute Gasteiger partial charge is 0.350 e. The standard InChI is InChI=1S/C18H21N3OS/c1-20(2)17(10-19-18(22)13-8-9-23-12-13)15-11-21(3)16-7-5-4-6-14(15)16/h4-9,11-12,17H,10H2,1-3H3,(H,19,22)/t17-/m0/s1. The molecule has 3 aromatic rings. The number of nitrogens with zero attached hydrogens (tertiary/aromatic N) is 2. The number of carbonyl (C=O) groups is 1. The van der Waals surface area contributed by atoms with Crippen LogP contribution in [0.4, 0.5) is 0 Å². The van der Waals surface area contributed by atoms with Gasteiger partial charge in [-0.3, -0.25) is 4.79 Å². The molecule has 3 rings (SSSR count). The number of benzene rings is 1. The molecule has 120 valence electrons. The monoisotopic (exact) mass is 327 g/mol. The molecule has 0 aliphatic carbocycles. The summed E-state index contributed by atoms with van der Waals surface area (Å²) in [5.74, 6) is -0.0154. The second-order valence-corrected chi connectivity index (χ2v) is 6.69. The third-order valence-corrected chi connectivity index (χ3v) is 4.83. The van der Waals surface area contributed by atoms with Crippen LogP contribution in [0, 0.1) is 0 Å². The predicted octanol–water partition coefficient (Wildman–Crippen LogP) is 3.27. The van der Waals surface area contributed by atoms with Gasteiger partial charge >= 0.3 is 0 Å². The van der Waals surface area contributed by atoms with Gasteiger partial charge in [0, 0.05) is 41.6 Å². The van der Waals surface area contributed by atoms with Crippen LogP contribution in [-0.2, 0) is 7.05 Å². The molecule has 23 heavy (non-hydrogen) atoms. The van der Waals surface area contributed by atoms with Gasteiger partial charge in [-0.2, -0.15) is 11.3 Å². The van der Waals surface area contributed by atoms with Crippen molar-refractivity contribution in [1.82, 2.24) is 14.8 Å². The van der Waals surface area contributed by atoms with Crippen LogP contribution in [0.3, 0.4) is 0 Å². The van der Waals surface area contributed by atoms with Crippen LogP contribution in [0.25, 0.3) is 10.9 Å². The number of para-hydroxylation sites is 1. The van der Waals surface area contributed by atoms with Crippen LogP contribution in [0.2, 0.25) is 0 Å². The normalized spacial score (nSPS) is 12.7. The Labute approximate surface area is 140 Å². The minimum absolute atomic E-state index is 0.0154. The summed E-state index contributed by atoms with van der Waals surface area (Å²) < 4.78 is 2.14. The number of thiophene rings is 1. The minimum Gasteiger partial charge on any atom is -0.350 e. The van der Waals surface area contributed by atoms with E-state index in [4.69, 9.17) is 0 Å². The molecule has 2 aromatic heterocycles. The Morgan fingerprint density at radius 3 is 2.78 bits per heavy atom. The van der Waals surface area contributed by atoms with E-state index in [1.807, 2.05) is 30.9 Å². The summed E-state index contributed by atoms with van der Waals surface area (Å²) in [6, 6.07) is 10.3. The Kier molecular flexibility index (Phi) is 4.50. The highest BCUT2D eigenvalue weighted by Crippen LogP contribution is 2.28. The molecule has 0 bridgehead atoms. The maximum atomic E-state index is 12.2. The van der Waals surface area contributed by atoms with E-state index in [-0.39, 0.29) is 11.9 Å². The lowest BCUT2D eigenvalue weighted by atomic mass is 10.0. The Hall–Kier alpha value is -2.11. The molecule has 1 aromatic carbocycles. The van der Waals surface area contributed by atoms with Gasteiger partial charge in [-0.15, -0.1) is 0 Å². The number of aromatic nitrogens is 1. The molecular weight excluding hydrogens is 306 g/mol. The zero-order chi connectivity index (χ0) is 16.4. The van der Waals surface area contributed by atoms with Crippen molar-refractivity contribution >= 4 is 28.1 Å². The first kappa shape index (κ1) is 15.8. The molecule has 0 saturated heterocycles. The van der Waals surface area contributed by atoms with Crippen LogP contribution < -0.4 is 5.32 Å². The van der Waals surface area contributed by atoms with Gasteiger partial charge < -0.3 is 14.8 Å². The van der Waals surface area contributed by atoms with Crippen LogP contribution >= 0.6 is 11.3 Å². The van der Waals surface area contributed by atoms with Crippen molar-refractivity contribution in [3.63, 3.8) is 0 Å². The fourth-order valence-corrected chi connectivity index (χ4v) is 3.53. The molecule has 0 fully saturated rings. The second-order valence-electron chi connectivity index (χ2n) is 5.91. The molecule has 1 amide bonds. The number of fused-ring (bicyclic) bond motifs is 1. The molecule has 0 saturated carbocycles. The van der Waals surface area contributed by atoms with Gasteiger partial charge in [0.15, 0.2) is 0 Å². The Bertz CT molecular complexity index is 805. The number of nitrogens with one attached hydrogen (secondary N) is 1. The smallest absolute Gasteiger partial charge is 0.252 e. The van der Waals surface area contributed by atoms with Crippen molar-refractivity contribution in [2.45, 2.75) is 6.04 Å². The van der Waals surface area contributed by atoms with Crippen LogP contribution in [0.1, 0.15) is 22.0 Å². The summed E-state index contributed by atoms with van der Waals surface area (Å²) >= 11 is 1.54. The highest BCUT2D eigenvalue weighted by atomic mass is 32.1. The van der Waals surface area contributed by atoms with E-state index in [0.29, 0.717) is 6.54 Å². The molecular formula is C18H21N3OS. The topological polar surface area (TPSA) is 37.3 Å². The van der Waals surface area contributed by atoms with Crippen molar-refractivity contribution in [2.75, 3.05) is 20.6 Å². The molecule has 2 heterocycles. The number of amides is 1. The maximum Gasteiger partial charge on any atom is 0.252 e. The van der Waals surface area contributed by atoms with Crippen molar-refractivity contribution < 1.29 is 4.79 Å². The molecule has 0 radical (unpaired) electrons. The zero-order valence-electron chi connectivity index (χ0n) is 13.6. The highest BCUT2D eigenvalue weighted by molar-refractivity contribution is 7.08. The van der Waals surface area contributed by atoms with Gasteiger partial charge in [0.1, 0.15) is 0 Å². The number of carbonyl (C=O) groups excluding carboxylic acids is 1. The van der Waals surface area contributed by atoms with E-state index < -0.39 is 0 Å². The second kappa shape index (κ2) is 6.56. The van der Waals surface area contributed by atoms with E-state index >= 15 is 0 Å². The van der Waals surface area contributed by atoms with Crippen molar-refractivity contribution in [3.05, 3.63) is 58.4 Å². The van der Waals surface area contributed by atoms with Gasteiger partial charge in [-0.25, -0.2) is 0 Å². The van der Waals surface area contributed by atoms with Crippen LogP contribution in [0.5, 0.6) is 0 Å². The summed E-state index contributed by atoms with van der Waals surface area (Å²) in [7, 11) is 6.15. The SMILES string of the molecule is CN(C)[C@@H](CNC(=O)c1ccsc1)c1cn(C)c2ccccc12. The fourth-order valence-electron chi connectivity index (χ4n) is 2.89. The first-order valence-electron chi connectivity index (χ1n) is 7.58. The van der Waals surface area contributed by atoms with E-state index in [0.717, 1.165) is 5.56 Å². The number of hydrogen-bond acceptors (Lipinski definition) is 3. The molecule has 5 heteroatoms. The van der Waals surface area contributed by atoms with E-state index in [9.17, 15) is 4.79 Å². The summed E-state index contributed by atoms with van der Waals surface area (Å²) in [6.07, 6.45) is 2.16. The molecule has 0 spiro atoms. The Morgan fingerprint density at radius 2 is 2.09 bits per heavy atom. The Balaban J connectivity index is 1.85. The molecule has 1 atom stereocenters. The lowest BCUT2D eigenvalue weighted by molar-refractivity contribution is 0.0942. The average Bonchev–Trinajstić information content (AvgIpc) is 3.17. The number of rotatable bonds is 5. The van der Waals surface area contributed by atoms with Crippen LogP contribution in [0.15, 0.2) is 47.3 Å². The molecule has 0 aliphatic heterocycles. The zero-order valence-corrected chi connectivity index (χ0v) is 14.4. The van der Waals surface area contributed by atoms with Crippen molar-refractivity contribution in [1.29, 1.82) is 0 Å². The highest BCUT2D eigenvalue weighted by Gasteiger charge is 2.20. The van der Waals surface area contributed by atoms with Gasteiger partial charge in [0.2, 0.25) is 0 Å². The van der Waals surface area contributed by atoms with Gasteiger partial charge in [0.25, 0.3) is 5.91 Å². The molecule has 0 unspecified atom stereocenters. The van der Waals surface area contributed by atoms with E-state index in [1.165, 1.54) is 27.8 Å². The number of hydrogen-bond donors (Lipinski definition) is 1. The first-order chi connectivity index (χ1) is 11.1. The minimum atomic E-state index is -0.0154. The maximum absolute atomic E-state index is 12.2. The van der Waals surface area contributed by atoms with Crippen molar-refractivity contribution in [3.8, 4) is 0 Å². The molecule has 4 nitrogen and oxygen atoms in total. The average molecular weight is 327 g/mol. The third-order valence-electron chi connectivity index (χ3n) is 4.15. The predicted molar refractivity (Wildman–Crippen MR) is 96.0 cm³/mol. The fraction of sp³-hybridized carbons (Fsp3) is 0.278. The summed E-state index contributed by atoms with van der Waals surface area (Å²) in [5.41, 5.74) is 3.17. The lowest BCUT2D eigenvalue weighted by Gasteiger charge is -2.24. The van der Waals surface area contributed by atoms with E-state index in [2.05, 4.69) is 52.3 Å². The van der Waals surface area contributed by atoms with Crippen molar-refractivity contribution in [2.24, 2.45) is 7.05 Å². The third kappa shape index (κ3) is 3.16. The molecule has 1 N–H and O–H groups in total. The molecule has 0 aliphatic rings. The van der Waals surface area contributed by atoms with Gasteiger partial charge in [-0.1, -0.05) is 18.2 Å². The lowest BCUT2D eigenvalue weighted by Crippen LogP contribution is -2.34. The van der Waals surface area contributed by atoms with Gasteiger partial charge in [-0.05, 0) is 37.2 Å². The quantitative estimate of drug-likeness (QED) is 0.781. The number of likely N-dealkylation sites (N-methyl/N-ethyl adjacent to an activating group) is 1. The summed E-state index contributed by atoms with van der Waals surface area (Å²) in [6.45, 7) is 0.579. The van der Waals surface area contributed by atoms with Gasteiger partial charge in [0.05, 0.1) is 6.04 Å².